The number of nitrogens with zero attached hydrogens (tertiary/aromatic N) is 1. The first-order valence-electron chi connectivity index (χ1n) is 6.43. The van der Waals surface area contributed by atoms with E-state index in [1.807, 2.05) is 6.07 Å². The fourth-order valence-electron chi connectivity index (χ4n) is 2.88. The van der Waals surface area contributed by atoms with Crippen molar-refractivity contribution >= 4 is 22.9 Å². The van der Waals surface area contributed by atoms with E-state index < -0.39 is 0 Å². The molecule has 2 unspecified atom stereocenters. The molecule has 1 heterocycles. The molecule has 1 saturated heterocycles. The number of thiocarbonyl (C=S) groups is 1. The van der Waals surface area contributed by atoms with E-state index in [2.05, 4.69) is 18.7 Å². The lowest BCUT2D eigenvalue weighted by Gasteiger charge is -2.32. The Labute approximate surface area is 113 Å². The van der Waals surface area contributed by atoms with Gasteiger partial charge in [-0.2, -0.15) is 0 Å². The Hall–Kier alpha value is -1.16. The van der Waals surface area contributed by atoms with Crippen LogP contribution in [-0.4, -0.2) is 17.1 Å². The largest absolute Gasteiger partial charge is 0.389 e. The molecule has 1 aromatic rings. The summed E-state index contributed by atoms with van der Waals surface area (Å²) in [5, 5.41) is 0. The predicted octanol–water partition coefficient (Wildman–Crippen LogP) is 3.23. The molecular weight excluding hydrogens is 247 g/mol. The first-order valence-corrected chi connectivity index (χ1v) is 6.83. The molecule has 0 amide bonds. The summed E-state index contributed by atoms with van der Waals surface area (Å²) < 4.78 is 13.9. The molecule has 2 rings (SSSR count). The van der Waals surface area contributed by atoms with Gasteiger partial charge in [0.15, 0.2) is 0 Å². The van der Waals surface area contributed by atoms with Crippen LogP contribution in [0.5, 0.6) is 0 Å². The fraction of sp³-hybridized carbons (Fsp3) is 0.500. The zero-order valence-electron chi connectivity index (χ0n) is 10.8. The normalized spacial score (nSPS) is 23.4. The van der Waals surface area contributed by atoms with E-state index in [1.165, 1.54) is 6.07 Å². The van der Waals surface area contributed by atoms with Crippen LogP contribution >= 0.6 is 12.2 Å². The maximum absolute atomic E-state index is 13.9. The van der Waals surface area contributed by atoms with Crippen LogP contribution in [0.1, 0.15) is 38.7 Å². The minimum atomic E-state index is -0.325. The molecule has 4 heteroatoms. The monoisotopic (exact) mass is 266 g/mol. The van der Waals surface area contributed by atoms with Gasteiger partial charge in [0.05, 0.1) is 11.3 Å². The van der Waals surface area contributed by atoms with Crippen molar-refractivity contribution in [3.8, 4) is 0 Å². The number of halogens is 1. The van der Waals surface area contributed by atoms with E-state index in [9.17, 15) is 4.39 Å². The first kappa shape index (κ1) is 13.3. The average Bonchev–Trinajstić information content (AvgIpc) is 2.69. The van der Waals surface area contributed by atoms with Crippen LogP contribution < -0.4 is 10.6 Å². The van der Waals surface area contributed by atoms with E-state index in [4.69, 9.17) is 18.0 Å². The van der Waals surface area contributed by atoms with Crippen molar-refractivity contribution in [3.05, 3.63) is 29.6 Å². The number of hydrogen-bond donors (Lipinski definition) is 1. The smallest absolute Gasteiger partial charge is 0.135 e. The van der Waals surface area contributed by atoms with Crippen molar-refractivity contribution in [2.24, 2.45) is 5.73 Å². The predicted molar refractivity (Wildman–Crippen MR) is 77.5 cm³/mol. The van der Waals surface area contributed by atoms with Crippen molar-refractivity contribution in [1.82, 2.24) is 0 Å². The maximum Gasteiger partial charge on any atom is 0.135 e. The van der Waals surface area contributed by atoms with Crippen LogP contribution in [-0.2, 0) is 0 Å². The molecule has 1 aliphatic heterocycles. The Morgan fingerprint density at radius 1 is 1.50 bits per heavy atom. The summed E-state index contributed by atoms with van der Waals surface area (Å²) >= 11 is 5.00. The van der Waals surface area contributed by atoms with Gasteiger partial charge >= 0.3 is 0 Å². The minimum absolute atomic E-state index is 0.136. The molecule has 0 spiro atoms. The van der Waals surface area contributed by atoms with Gasteiger partial charge in [0.1, 0.15) is 10.8 Å². The summed E-state index contributed by atoms with van der Waals surface area (Å²) in [6.07, 6.45) is 3.33. The second kappa shape index (κ2) is 5.22. The average molecular weight is 266 g/mol. The molecule has 0 radical (unpaired) electrons. The van der Waals surface area contributed by atoms with Crippen LogP contribution in [0.3, 0.4) is 0 Å². The summed E-state index contributed by atoms with van der Waals surface area (Å²) in [5.74, 6) is -0.325. The zero-order valence-corrected chi connectivity index (χ0v) is 11.6. The molecule has 0 aliphatic carbocycles. The highest BCUT2D eigenvalue weighted by Crippen LogP contribution is 2.34. The van der Waals surface area contributed by atoms with Crippen molar-refractivity contribution in [2.45, 2.75) is 45.2 Å². The van der Waals surface area contributed by atoms with E-state index >= 15 is 0 Å². The SMILES string of the molecule is CCC1CCC(C)N1c1cccc(F)c1C(N)=S. The van der Waals surface area contributed by atoms with Crippen LogP contribution in [0.15, 0.2) is 18.2 Å². The van der Waals surface area contributed by atoms with Gasteiger partial charge in [-0.1, -0.05) is 25.2 Å². The highest BCUT2D eigenvalue weighted by Gasteiger charge is 2.31. The van der Waals surface area contributed by atoms with Gasteiger partial charge in [-0.25, -0.2) is 4.39 Å². The molecule has 0 aromatic heterocycles. The quantitative estimate of drug-likeness (QED) is 0.852. The van der Waals surface area contributed by atoms with Crippen molar-refractivity contribution < 1.29 is 4.39 Å². The molecule has 1 aliphatic rings. The van der Waals surface area contributed by atoms with Gasteiger partial charge in [0, 0.05) is 12.1 Å². The third-order valence-electron chi connectivity index (χ3n) is 3.77. The lowest BCUT2D eigenvalue weighted by molar-refractivity contribution is 0.608. The Balaban J connectivity index is 2.50. The van der Waals surface area contributed by atoms with Gasteiger partial charge < -0.3 is 10.6 Å². The van der Waals surface area contributed by atoms with Gasteiger partial charge in [-0.3, -0.25) is 0 Å². The molecule has 1 fully saturated rings. The highest BCUT2D eigenvalue weighted by atomic mass is 32.1. The Morgan fingerprint density at radius 2 is 2.22 bits per heavy atom. The Bertz CT molecular complexity index is 461. The topological polar surface area (TPSA) is 29.3 Å². The molecule has 0 bridgehead atoms. The number of nitrogens with two attached hydrogens (primary N) is 1. The fourth-order valence-corrected chi connectivity index (χ4v) is 3.08. The molecule has 98 valence electrons. The number of rotatable bonds is 3. The van der Waals surface area contributed by atoms with Gasteiger partial charge in [-0.05, 0) is 38.3 Å². The summed E-state index contributed by atoms with van der Waals surface area (Å²) in [4.78, 5) is 2.41. The highest BCUT2D eigenvalue weighted by molar-refractivity contribution is 7.80. The van der Waals surface area contributed by atoms with Crippen molar-refractivity contribution in [2.75, 3.05) is 4.90 Å². The minimum Gasteiger partial charge on any atom is -0.389 e. The standard InChI is InChI=1S/C14H19FN2S/c1-3-10-8-7-9(2)17(10)12-6-4-5-11(15)13(12)14(16)18/h4-6,9-10H,3,7-8H2,1-2H3,(H2,16,18). The second-order valence-corrected chi connectivity index (χ2v) is 5.33. The van der Waals surface area contributed by atoms with Gasteiger partial charge in [0.2, 0.25) is 0 Å². The maximum atomic E-state index is 13.9. The second-order valence-electron chi connectivity index (χ2n) is 4.89. The van der Waals surface area contributed by atoms with Crippen LogP contribution in [0.2, 0.25) is 0 Å². The van der Waals surface area contributed by atoms with Crippen LogP contribution in [0.25, 0.3) is 0 Å². The third-order valence-corrected chi connectivity index (χ3v) is 3.98. The lowest BCUT2D eigenvalue weighted by atomic mass is 10.1. The molecule has 0 saturated carbocycles. The summed E-state index contributed by atoms with van der Waals surface area (Å²) in [7, 11) is 0. The number of hydrogen-bond acceptors (Lipinski definition) is 2. The van der Waals surface area contributed by atoms with E-state index in [-0.39, 0.29) is 10.8 Å². The van der Waals surface area contributed by atoms with E-state index in [0.717, 1.165) is 24.9 Å². The lowest BCUT2D eigenvalue weighted by Crippen LogP contribution is -2.36. The number of anilines is 1. The van der Waals surface area contributed by atoms with Gasteiger partial charge in [-0.15, -0.1) is 0 Å². The van der Waals surface area contributed by atoms with Crippen LogP contribution in [0.4, 0.5) is 10.1 Å². The zero-order chi connectivity index (χ0) is 13.3. The Morgan fingerprint density at radius 3 is 2.83 bits per heavy atom. The van der Waals surface area contributed by atoms with E-state index in [0.29, 0.717) is 17.6 Å². The van der Waals surface area contributed by atoms with Crippen molar-refractivity contribution in [1.29, 1.82) is 0 Å². The molecule has 18 heavy (non-hydrogen) atoms. The summed E-state index contributed by atoms with van der Waals surface area (Å²) in [6.45, 7) is 4.33. The molecule has 2 nitrogen and oxygen atoms in total. The first-order chi connectivity index (χ1) is 8.56. The summed E-state index contributed by atoms with van der Waals surface area (Å²) in [5.41, 5.74) is 6.92. The molecule has 2 atom stereocenters. The van der Waals surface area contributed by atoms with E-state index in [1.54, 1.807) is 6.07 Å². The van der Waals surface area contributed by atoms with Crippen LogP contribution in [0, 0.1) is 5.82 Å². The molecular formula is C14H19FN2S. The number of benzene rings is 1. The van der Waals surface area contributed by atoms with Crippen molar-refractivity contribution in [3.63, 3.8) is 0 Å². The van der Waals surface area contributed by atoms with Gasteiger partial charge in [0.25, 0.3) is 0 Å². The summed E-state index contributed by atoms with van der Waals surface area (Å²) in [6, 6.07) is 5.92. The molecule has 2 N–H and O–H groups in total. The third kappa shape index (κ3) is 2.21. The Kier molecular flexibility index (Phi) is 3.85. The molecule has 1 aromatic carbocycles.